The molecule has 0 aromatic heterocycles. The van der Waals surface area contributed by atoms with Crippen molar-refractivity contribution in [1.82, 2.24) is 4.90 Å². The molecule has 9 heteroatoms. The van der Waals surface area contributed by atoms with E-state index in [9.17, 15) is 18.4 Å². The molecule has 1 fully saturated rings. The number of aromatic carboxylic acids is 1. The summed E-state index contributed by atoms with van der Waals surface area (Å²) in [6, 6.07) is 0.513. The van der Waals surface area contributed by atoms with Crippen LogP contribution in [0.4, 0.5) is 13.6 Å². The molecule has 6 nitrogen and oxygen atoms in total. The molecule has 0 spiro atoms. The van der Waals surface area contributed by atoms with E-state index in [0.717, 1.165) is 0 Å². The average Bonchev–Trinajstić information content (AvgIpc) is 2.94. The van der Waals surface area contributed by atoms with E-state index in [2.05, 4.69) is 0 Å². The minimum atomic E-state index is -1.64. The minimum Gasteiger partial charge on any atom is -0.484 e. The van der Waals surface area contributed by atoms with Crippen molar-refractivity contribution in [2.75, 3.05) is 13.1 Å². The van der Waals surface area contributed by atoms with Gasteiger partial charge in [0.25, 0.3) is 0 Å². The zero-order valence-electron chi connectivity index (χ0n) is 13.9. The largest absolute Gasteiger partial charge is 0.484 e. The zero-order valence-corrected chi connectivity index (χ0v) is 14.7. The van der Waals surface area contributed by atoms with Gasteiger partial charge in [-0.2, -0.15) is 0 Å². The Labute approximate surface area is 148 Å². The molecule has 0 radical (unpaired) electrons. The van der Waals surface area contributed by atoms with Crippen LogP contribution in [0.2, 0.25) is 5.02 Å². The number of halogens is 3. The van der Waals surface area contributed by atoms with Crippen molar-refractivity contribution in [3.63, 3.8) is 0 Å². The van der Waals surface area contributed by atoms with E-state index >= 15 is 0 Å². The molecular weight excluding hydrogens is 360 g/mol. The van der Waals surface area contributed by atoms with E-state index in [4.69, 9.17) is 26.2 Å². The van der Waals surface area contributed by atoms with Gasteiger partial charge in [0, 0.05) is 13.0 Å². The molecule has 1 heterocycles. The third-order valence-electron chi connectivity index (χ3n) is 3.43. The molecule has 1 aromatic carbocycles. The van der Waals surface area contributed by atoms with Crippen molar-refractivity contribution in [3.8, 4) is 5.75 Å². The molecule has 0 aliphatic carbocycles. The number of carboxylic acid groups (broad SMARTS) is 1. The lowest BCUT2D eigenvalue weighted by atomic mass is 10.2. The summed E-state index contributed by atoms with van der Waals surface area (Å²) in [6.07, 6.45) is -0.774. The first-order chi connectivity index (χ1) is 11.5. The third-order valence-corrected chi connectivity index (χ3v) is 3.77. The van der Waals surface area contributed by atoms with Crippen LogP contribution in [0.1, 0.15) is 37.6 Å². The van der Waals surface area contributed by atoms with Gasteiger partial charge in [-0.25, -0.2) is 18.4 Å². The second kappa shape index (κ2) is 7.03. The number of benzene rings is 1. The molecule has 1 saturated heterocycles. The fourth-order valence-electron chi connectivity index (χ4n) is 2.33. The Bertz CT molecular complexity index is 705. The summed E-state index contributed by atoms with van der Waals surface area (Å²) < 4.78 is 38.6. The van der Waals surface area contributed by atoms with Crippen LogP contribution in [-0.2, 0) is 4.74 Å². The molecule has 1 aliphatic rings. The maximum atomic E-state index is 14.0. The number of carbonyl (C=O) groups is 2. The van der Waals surface area contributed by atoms with Gasteiger partial charge in [-0.05, 0) is 26.8 Å². The van der Waals surface area contributed by atoms with Crippen LogP contribution in [0.5, 0.6) is 5.75 Å². The van der Waals surface area contributed by atoms with Crippen molar-refractivity contribution in [3.05, 3.63) is 28.3 Å². The van der Waals surface area contributed by atoms with Gasteiger partial charge in [0.1, 0.15) is 16.7 Å². The zero-order chi connectivity index (χ0) is 18.9. The molecule has 1 atom stereocenters. The van der Waals surface area contributed by atoms with Crippen LogP contribution < -0.4 is 4.74 Å². The number of hydrogen-bond donors (Lipinski definition) is 1. The SMILES string of the molecule is CC(C)(C)OC(=O)N1CCC(Oc2c(F)cc(C(=O)O)c(F)c2Cl)C1. The number of rotatable bonds is 3. The van der Waals surface area contributed by atoms with Crippen LogP contribution in [0.15, 0.2) is 6.07 Å². The van der Waals surface area contributed by atoms with Crippen LogP contribution in [0.3, 0.4) is 0 Å². The van der Waals surface area contributed by atoms with Crippen molar-refractivity contribution in [2.24, 2.45) is 0 Å². The van der Waals surface area contributed by atoms with E-state index in [0.29, 0.717) is 19.0 Å². The van der Waals surface area contributed by atoms with Crippen molar-refractivity contribution < 1.29 is 33.0 Å². The number of amides is 1. The lowest BCUT2D eigenvalue weighted by Crippen LogP contribution is -2.36. The summed E-state index contributed by atoms with van der Waals surface area (Å²) in [4.78, 5) is 24.2. The van der Waals surface area contributed by atoms with E-state index in [1.54, 1.807) is 20.8 Å². The van der Waals surface area contributed by atoms with E-state index in [1.165, 1.54) is 4.90 Å². The smallest absolute Gasteiger partial charge is 0.410 e. The molecular formula is C16H18ClF2NO5. The quantitative estimate of drug-likeness (QED) is 0.813. The van der Waals surface area contributed by atoms with Crippen molar-refractivity contribution in [1.29, 1.82) is 0 Å². The number of carboxylic acids is 1. The predicted molar refractivity (Wildman–Crippen MR) is 85.2 cm³/mol. The highest BCUT2D eigenvalue weighted by atomic mass is 35.5. The Balaban J connectivity index is 2.11. The Morgan fingerprint density at radius 1 is 1.36 bits per heavy atom. The van der Waals surface area contributed by atoms with Crippen LogP contribution >= 0.6 is 11.6 Å². The van der Waals surface area contributed by atoms with E-state index in [1.807, 2.05) is 0 Å². The average molecular weight is 378 g/mol. The summed E-state index contributed by atoms with van der Waals surface area (Å²) in [5.41, 5.74) is -1.53. The van der Waals surface area contributed by atoms with Crippen LogP contribution in [0.25, 0.3) is 0 Å². The van der Waals surface area contributed by atoms with Gasteiger partial charge in [-0.3, -0.25) is 0 Å². The Hall–Kier alpha value is -2.09. The maximum Gasteiger partial charge on any atom is 0.410 e. The predicted octanol–water partition coefficient (Wildman–Crippen LogP) is 3.70. The van der Waals surface area contributed by atoms with Crippen LogP contribution in [-0.4, -0.2) is 46.9 Å². The number of nitrogens with zero attached hydrogens (tertiary/aromatic N) is 1. The molecule has 1 aromatic rings. The normalized spacial score (nSPS) is 17.5. The molecule has 1 aliphatic heterocycles. The first-order valence-electron chi connectivity index (χ1n) is 7.55. The van der Waals surface area contributed by atoms with Crippen molar-refractivity contribution >= 4 is 23.7 Å². The molecule has 2 rings (SSSR count). The molecule has 0 bridgehead atoms. The lowest BCUT2D eigenvalue weighted by Gasteiger charge is -2.24. The number of hydrogen-bond acceptors (Lipinski definition) is 4. The third kappa shape index (κ3) is 4.50. The van der Waals surface area contributed by atoms with Gasteiger partial charge in [-0.15, -0.1) is 0 Å². The maximum absolute atomic E-state index is 14.0. The highest BCUT2D eigenvalue weighted by Crippen LogP contribution is 2.34. The Morgan fingerprint density at radius 3 is 2.56 bits per heavy atom. The molecule has 138 valence electrons. The summed E-state index contributed by atoms with van der Waals surface area (Å²) in [7, 11) is 0. The summed E-state index contributed by atoms with van der Waals surface area (Å²) in [6.45, 7) is 5.64. The monoisotopic (exact) mass is 377 g/mol. The standard InChI is InChI=1S/C16H18ClF2NO5/c1-16(2,3)25-15(23)20-5-4-8(7-20)24-13-10(18)6-9(14(21)22)12(19)11(13)17/h6,8H,4-5,7H2,1-3H3,(H,21,22). The summed E-state index contributed by atoms with van der Waals surface area (Å²) >= 11 is 5.70. The molecule has 1 unspecified atom stereocenters. The van der Waals surface area contributed by atoms with Crippen LogP contribution in [0, 0.1) is 11.6 Å². The highest BCUT2D eigenvalue weighted by molar-refractivity contribution is 6.32. The van der Waals surface area contributed by atoms with Gasteiger partial charge in [0.05, 0.1) is 12.1 Å². The van der Waals surface area contributed by atoms with Gasteiger partial charge >= 0.3 is 12.1 Å². The van der Waals surface area contributed by atoms with Gasteiger partial charge in [-0.1, -0.05) is 11.6 Å². The molecule has 1 N–H and O–H groups in total. The fourth-order valence-corrected chi connectivity index (χ4v) is 2.56. The fraction of sp³-hybridized carbons (Fsp3) is 0.500. The first kappa shape index (κ1) is 19.2. The minimum absolute atomic E-state index is 0.118. The van der Waals surface area contributed by atoms with Crippen molar-refractivity contribution in [2.45, 2.75) is 38.9 Å². The number of ether oxygens (including phenoxy) is 2. The van der Waals surface area contributed by atoms with Gasteiger partial charge in [0.2, 0.25) is 0 Å². The summed E-state index contributed by atoms with van der Waals surface area (Å²) in [5, 5.41) is 8.07. The van der Waals surface area contributed by atoms with E-state index in [-0.39, 0.29) is 6.54 Å². The molecule has 25 heavy (non-hydrogen) atoms. The summed E-state index contributed by atoms with van der Waals surface area (Å²) in [5.74, 6) is -4.56. The number of carbonyl (C=O) groups excluding carboxylic acids is 1. The number of likely N-dealkylation sites (tertiary alicyclic amines) is 1. The molecule has 0 saturated carbocycles. The van der Waals surface area contributed by atoms with Gasteiger partial charge in [0.15, 0.2) is 17.4 Å². The topological polar surface area (TPSA) is 76.1 Å². The second-order valence-electron chi connectivity index (χ2n) is 6.62. The Kier molecular flexibility index (Phi) is 5.41. The highest BCUT2D eigenvalue weighted by Gasteiger charge is 2.32. The van der Waals surface area contributed by atoms with Gasteiger partial charge < -0.3 is 19.5 Å². The first-order valence-corrected chi connectivity index (χ1v) is 7.92. The van der Waals surface area contributed by atoms with E-state index < -0.39 is 51.7 Å². The lowest BCUT2D eigenvalue weighted by molar-refractivity contribution is 0.0274. The molecule has 1 amide bonds. The second-order valence-corrected chi connectivity index (χ2v) is 7.00. The Morgan fingerprint density at radius 2 is 2.00 bits per heavy atom.